The summed E-state index contributed by atoms with van der Waals surface area (Å²) in [4.78, 5) is 17.5. The van der Waals surface area contributed by atoms with E-state index < -0.39 is 17.5 Å². The molecule has 0 aliphatic heterocycles. The van der Waals surface area contributed by atoms with Crippen molar-refractivity contribution in [2.75, 3.05) is 13.2 Å². The number of aliphatic hydroxyl groups excluding tert-OH is 1. The van der Waals surface area contributed by atoms with Gasteiger partial charge in [-0.05, 0) is 30.3 Å². The van der Waals surface area contributed by atoms with Crippen molar-refractivity contribution in [3.63, 3.8) is 0 Å². The number of rotatable bonds is 6. The number of aromatic nitrogens is 2. The highest BCUT2D eigenvalue weighted by Gasteiger charge is 2.27. The molecule has 1 heterocycles. The number of amides is 1. The molecule has 4 rings (SSSR count). The van der Waals surface area contributed by atoms with Gasteiger partial charge in [0.05, 0.1) is 28.0 Å². The third-order valence-corrected chi connectivity index (χ3v) is 5.47. The number of hydrogen-bond donors (Lipinski definition) is 2. The largest absolute Gasteiger partial charge is 0.395 e. The van der Waals surface area contributed by atoms with Gasteiger partial charge in [-0.2, -0.15) is 0 Å². The lowest BCUT2D eigenvalue weighted by molar-refractivity contribution is 0.0941. The number of imidazole rings is 1. The second kappa shape index (κ2) is 9.70. The molecule has 0 aliphatic rings. The van der Waals surface area contributed by atoms with Crippen LogP contribution in [0.3, 0.4) is 0 Å². The van der Waals surface area contributed by atoms with Crippen molar-refractivity contribution >= 4 is 29.1 Å². The highest BCUT2D eigenvalue weighted by Crippen LogP contribution is 2.36. The maximum atomic E-state index is 15.2. The lowest BCUT2D eigenvalue weighted by Gasteiger charge is -2.15. The number of aliphatic hydroxyl groups is 1. The van der Waals surface area contributed by atoms with Crippen LogP contribution in [0.15, 0.2) is 66.7 Å². The molecular weight excluding hydrogens is 471 g/mol. The fourth-order valence-electron chi connectivity index (χ4n) is 3.42. The van der Waals surface area contributed by atoms with Gasteiger partial charge in [-0.1, -0.05) is 59.6 Å². The zero-order valence-corrected chi connectivity index (χ0v) is 18.5. The van der Waals surface area contributed by atoms with Crippen LogP contribution in [0.5, 0.6) is 0 Å². The number of carbonyl (C=O) groups excluding carboxylic acids is 1. The molecule has 0 atom stereocenters. The molecule has 5 nitrogen and oxygen atoms in total. The molecule has 33 heavy (non-hydrogen) atoms. The van der Waals surface area contributed by atoms with E-state index >= 15 is 4.39 Å². The Hall–Kier alpha value is -3.26. The summed E-state index contributed by atoms with van der Waals surface area (Å²) < 4.78 is 30.6. The molecule has 0 spiro atoms. The summed E-state index contributed by atoms with van der Waals surface area (Å²) in [5, 5.41) is 11.4. The first kappa shape index (κ1) is 22.9. The minimum absolute atomic E-state index is 0.0124. The quantitative estimate of drug-likeness (QED) is 0.376. The Morgan fingerprint density at radius 2 is 1.73 bits per heavy atom. The van der Waals surface area contributed by atoms with E-state index in [4.69, 9.17) is 28.3 Å². The van der Waals surface area contributed by atoms with Crippen LogP contribution in [0, 0.1) is 11.6 Å². The molecule has 9 heteroatoms. The van der Waals surface area contributed by atoms with Crippen LogP contribution < -0.4 is 5.32 Å². The molecule has 168 valence electrons. The summed E-state index contributed by atoms with van der Waals surface area (Å²) in [6.07, 6.45) is 0. The number of hydrogen-bond acceptors (Lipinski definition) is 3. The van der Waals surface area contributed by atoms with Gasteiger partial charge in [-0.25, -0.2) is 13.8 Å². The topological polar surface area (TPSA) is 67.2 Å². The molecule has 0 saturated heterocycles. The fraction of sp³-hybridized carbons (Fsp3) is 0.0833. The molecule has 4 aromatic rings. The lowest BCUT2D eigenvalue weighted by Crippen LogP contribution is -2.27. The smallest absolute Gasteiger partial charge is 0.272 e. The predicted molar refractivity (Wildman–Crippen MR) is 124 cm³/mol. The summed E-state index contributed by atoms with van der Waals surface area (Å²) in [6.45, 7) is -0.292. The molecular formula is C24H17Cl2F2N3O2. The summed E-state index contributed by atoms with van der Waals surface area (Å²) in [5.41, 5.74) is 1.12. The van der Waals surface area contributed by atoms with Crippen LogP contribution in [0.25, 0.3) is 28.3 Å². The van der Waals surface area contributed by atoms with Crippen LogP contribution in [-0.4, -0.2) is 33.7 Å². The Labute approximate surface area is 198 Å². The molecule has 3 aromatic carbocycles. The van der Waals surface area contributed by atoms with Crippen LogP contribution >= 0.6 is 23.2 Å². The summed E-state index contributed by atoms with van der Waals surface area (Å²) >= 11 is 12.1. The van der Waals surface area contributed by atoms with E-state index in [9.17, 15) is 9.18 Å². The van der Waals surface area contributed by atoms with Gasteiger partial charge in [0.15, 0.2) is 11.5 Å². The van der Waals surface area contributed by atoms with Gasteiger partial charge in [0, 0.05) is 17.7 Å². The fourth-order valence-corrected chi connectivity index (χ4v) is 3.77. The summed E-state index contributed by atoms with van der Waals surface area (Å²) in [5.74, 6) is -1.69. The first-order valence-corrected chi connectivity index (χ1v) is 10.6. The van der Waals surface area contributed by atoms with Gasteiger partial charge in [0.1, 0.15) is 11.6 Å². The monoisotopic (exact) mass is 487 g/mol. The third kappa shape index (κ3) is 4.48. The van der Waals surface area contributed by atoms with Crippen molar-refractivity contribution in [1.82, 2.24) is 14.9 Å². The normalized spacial score (nSPS) is 10.9. The SMILES string of the molecule is O=C(NCCO)c1nc(-c2ccccc2)n(-c2cccc(Cl)c2F)c1-c1ccc(F)c(Cl)c1. The van der Waals surface area contributed by atoms with Gasteiger partial charge in [-0.15, -0.1) is 0 Å². The average molecular weight is 488 g/mol. The van der Waals surface area contributed by atoms with E-state index in [0.717, 1.165) is 6.07 Å². The molecule has 1 aromatic heterocycles. The molecule has 0 radical (unpaired) electrons. The Balaban J connectivity index is 2.10. The van der Waals surface area contributed by atoms with Crippen molar-refractivity contribution in [3.05, 3.63) is 94.1 Å². The second-order valence-corrected chi connectivity index (χ2v) is 7.83. The molecule has 0 aliphatic carbocycles. The highest BCUT2D eigenvalue weighted by atomic mass is 35.5. The van der Waals surface area contributed by atoms with Crippen molar-refractivity contribution in [2.45, 2.75) is 0 Å². The first-order valence-electron chi connectivity index (χ1n) is 9.89. The Bertz CT molecular complexity index is 1330. The van der Waals surface area contributed by atoms with E-state index in [1.807, 2.05) is 6.07 Å². The minimum atomic E-state index is -0.717. The lowest BCUT2D eigenvalue weighted by atomic mass is 10.1. The second-order valence-electron chi connectivity index (χ2n) is 7.02. The van der Waals surface area contributed by atoms with Crippen molar-refractivity contribution < 1.29 is 18.7 Å². The van der Waals surface area contributed by atoms with Gasteiger partial charge < -0.3 is 10.4 Å². The molecule has 0 fully saturated rings. The van der Waals surface area contributed by atoms with Gasteiger partial charge in [0.25, 0.3) is 5.91 Å². The van der Waals surface area contributed by atoms with Crippen LogP contribution in [0.2, 0.25) is 10.0 Å². The van der Waals surface area contributed by atoms with E-state index in [2.05, 4.69) is 10.3 Å². The van der Waals surface area contributed by atoms with Crippen molar-refractivity contribution in [3.8, 4) is 28.3 Å². The molecule has 1 amide bonds. The van der Waals surface area contributed by atoms with Gasteiger partial charge in [-0.3, -0.25) is 9.36 Å². The third-order valence-electron chi connectivity index (χ3n) is 4.89. The van der Waals surface area contributed by atoms with E-state index in [-0.39, 0.29) is 46.1 Å². The number of halogens is 4. The van der Waals surface area contributed by atoms with Gasteiger partial charge >= 0.3 is 0 Å². The number of benzene rings is 3. The number of carbonyl (C=O) groups is 1. The highest BCUT2D eigenvalue weighted by molar-refractivity contribution is 6.31. The Morgan fingerprint density at radius 1 is 0.970 bits per heavy atom. The molecule has 2 N–H and O–H groups in total. The van der Waals surface area contributed by atoms with Crippen molar-refractivity contribution in [2.24, 2.45) is 0 Å². The van der Waals surface area contributed by atoms with Crippen LogP contribution in [0.1, 0.15) is 10.5 Å². The van der Waals surface area contributed by atoms with Gasteiger partial charge in [0.2, 0.25) is 0 Å². The zero-order chi connectivity index (χ0) is 23.5. The van der Waals surface area contributed by atoms with E-state index in [0.29, 0.717) is 11.1 Å². The molecule has 0 bridgehead atoms. The Kier molecular flexibility index (Phi) is 6.74. The summed E-state index contributed by atoms with van der Waals surface area (Å²) in [6, 6.07) is 17.3. The Morgan fingerprint density at radius 3 is 2.42 bits per heavy atom. The molecule has 0 unspecified atom stereocenters. The minimum Gasteiger partial charge on any atom is -0.395 e. The van der Waals surface area contributed by atoms with Crippen LogP contribution in [0.4, 0.5) is 8.78 Å². The average Bonchev–Trinajstić information content (AvgIpc) is 3.22. The maximum absolute atomic E-state index is 15.2. The first-order chi connectivity index (χ1) is 15.9. The maximum Gasteiger partial charge on any atom is 0.272 e. The molecule has 0 saturated carbocycles. The standard InChI is InChI=1S/C24H17Cl2F2N3O2/c25-16-7-4-8-19(20(16)28)31-22(15-9-10-18(27)17(26)13-15)21(24(33)29-11-12-32)30-23(31)14-5-2-1-3-6-14/h1-10,13,32H,11-12H2,(H,29,33). The zero-order valence-electron chi connectivity index (χ0n) is 17.0. The van der Waals surface area contributed by atoms with E-state index in [1.54, 1.807) is 30.3 Å². The van der Waals surface area contributed by atoms with Crippen molar-refractivity contribution in [1.29, 1.82) is 0 Å². The van der Waals surface area contributed by atoms with Crippen LogP contribution in [-0.2, 0) is 0 Å². The summed E-state index contributed by atoms with van der Waals surface area (Å²) in [7, 11) is 0. The number of nitrogens with one attached hydrogen (secondary N) is 1. The van der Waals surface area contributed by atoms with E-state index in [1.165, 1.54) is 28.8 Å². The predicted octanol–water partition coefficient (Wildman–Crippen LogP) is 5.51. The number of nitrogens with zero attached hydrogens (tertiary/aromatic N) is 2.